The predicted molar refractivity (Wildman–Crippen MR) is 155 cm³/mol. The molecule has 202 valence electrons. The molecule has 5 aromatic rings. The normalized spacial score (nSPS) is 14.0. The largest absolute Gasteiger partial charge is 0.383 e. The van der Waals surface area contributed by atoms with Gasteiger partial charge in [-0.1, -0.05) is 12.1 Å². The van der Waals surface area contributed by atoms with Crippen LogP contribution in [0, 0.1) is 29.6 Å². The molecule has 0 amide bonds. The van der Waals surface area contributed by atoms with Gasteiger partial charge < -0.3 is 11.1 Å². The fraction of sp³-hybridized carbons (Fsp3) is 0.233. The van der Waals surface area contributed by atoms with Crippen molar-refractivity contribution in [3.63, 3.8) is 0 Å². The molecule has 3 N–H and O–H groups in total. The fourth-order valence-corrected chi connectivity index (χ4v) is 5.19. The van der Waals surface area contributed by atoms with Crippen LogP contribution in [-0.2, 0) is 6.54 Å². The van der Waals surface area contributed by atoms with E-state index in [1.54, 1.807) is 18.5 Å². The van der Waals surface area contributed by atoms with E-state index in [0.717, 1.165) is 43.7 Å². The number of hydrogen-bond donors (Lipinski definition) is 2. The molecular weight excluding hydrogens is 514 g/mol. The Morgan fingerprint density at radius 3 is 2.51 bits per heavy atom. The number of nitrogens with one attached hydrogen (secondary N) is 1. The maximum absolute atomic E-state index is 9.61. The molecule has 5 heterocycles. The molecule has 0 spiro atoms. The number of pyridine rings is 2. The SMILES string of the molecule is Cc1cc2nc(-c3cccnc3N)n(-c3ccc(CN4CCC(Nc5ccnc(C#N)n5)CC4)cc3)c2nc1C#N. The summed E-state index contributed by atoms with van der Waals surface area (Å²) >= 11 is 0. The highest BCUT2D eigenvalue weighted by Gasteiger charge is 2.21. The minimum atomic E-state index is 0.173. The Kier molecular flexibility index (Phi) is 6.94. The molecule has 0 aliphatic carbocycles. The van der Waals surface area contributed by atoms with Gasteiger partial charge in [-0.3, -0.25) is 9.47 Å². The molecule has 1 aromatic carbocycles. The Hall–Kier alpha value is -5.39. The van der Waals surface area contributed by atoms with E-state index in [0.29, 0.717) is 45.9 Å². The highest BCUT2D eigenvalue weighted by atomic mass is 15.2. The van der Waals surface area contributed by atoms with Crippen LogP contribution in [0.1, 0.15) is 35.5 Å². The summed E-state index contributed by atoms with van der Waals surface area (Å²) in [5.74, 6) is 1.87. The first-order valence-corrected chi connectivity index (χ1v) is 13.3. The highest BCUT2D eigenvalue weighted by molar-refractivity contribution is 5.83. The predicted octanol–water partition coefficient (Wildman–Crippen LogP) is 3.98. The maximum atomic E-state index is 9.61. The zero-order valence-electron chi connectivity index (χ0n) is 22.5. The van der Waals surface area contributed by atoms with Crippen LogP contribution in [-0.4, -0.2) is 53.5 Å². The number of likely N-dealkylation sites (tertiary alicyclic amines) is 1. The number of nitriles is 2. The van der Waals surface area contributed by atoms with Crippen molar-refractivity contribution in [1.29, 1.82) is 10.5 Å². The lowest BCUT2D eigenvalue weighted by atomic mass is 10.0. The number of nitrogens with zero attached hydrogens (tertiary/aromatic N) is 9. The van der Waals surface area contributed by atoms with Gasteiger partial charge in [-0.05, 0) is 67.3 Å². The van der Waals surface area contributed by atoms with E-state index in [-0.39, 0.29) is 5.82 Å². The standard InChI is InChI=1S/C30H27N11/c1-19-15-24-30(38-25(19)16-31)41(29(37-24)23-3-2-11-35-28(23)33)22-6-4-20(5-7-22)18-40-13-9-21(10-14-40)36-26-8-12-34-27(17-32)39-26/h2-8,11-12,15,21H,9-10,13-14,18H2,1H3,(H2,33,35)(H,34,36,39). The third-order valence-corrected chi connectivity index (χ3v) is 7.30. The third-order valence-electron chi connectivity index (χ3n) is 7.30. The summed E-state index contributed by atoms with van der Waals surface area (Å²) < 4.78 is 1.94. The summed E-state index contributed by atoms with van der Waals surface area (Å²) in [6.45, 7) is 4.59. The summed E-state index contributed by atoms with van der Waals surface area (Å²) in [5, 5.41) is 22.1. The van der Waals surface area contributed by atoms with Crippen molar-refractivity contribution in [3.8, 4) is 29.2 Å². The molecule has 0 bridgehead atoms. The van der Waals surface area contributed by atoms with E-state index in [2.05, 4.69) is 60.5 Å². The second-order valence-electron chi connectivity index (χ2n) is 10.1. The number of hydrogen-bond acceptors (Lipinski definition) is 10. The van der Waals surface area contributed by atoms with Crippen molar-refractivity contribution in [2.75, 3.05) is 24.1 Å². The van der Waals surface area contributed by atoms with E-state index >= 15 is 0 Å². The van der Waals surface area contributed by atoms with Gasteiger partial charge in [0.1, 0.15) is 35.0 Å². The minimum absolute atomic E-state index is 0.173. The molecule has 41 heavy (non-hydrogen) atoms. The molecule has 1 fully saturated rings. The molecule has 11 nitrogen and oxygen atoms in total. The van der Waals surface area contributed by atoms with Crippen molar-refractivity contribution in [2.45, 2.75) is 32.4 Å². The van der Waals surface area contributed by atoms with E-state index in [9.17, 15) is 5.26 Å². The molecule has 4 aromatic heterocycles. The molecule has 6 rings (SSSR count). The Morgan fingerprint density at radius 1 is 0.976 bits per heavy atom. The third kappa shape index (κ3) is 5.26. The molecule has 11 heteroatoms. The smallest absolute Gasteiger partial charge is 0.234 e. The fourth-order valence-electron chi connectivity index (χ4n) is 5.19. The molecule has 1 aliphatic rings. The Bertz CT molecular complexity index is 1800. The van der Waals surface area contributed by atoms with Crippen LogP contribution < -0.4 is 11.1 Å². The quantitative estimate of drug-likeness (QED) is 0.322. The van der Waals surface area contributed by atoms with Gasteiger partial charge in [0, 0.05) is 43.8 Å². The lowest BCUT2D eigenvalue weighted by Crippen LogP contribution is -2.38. The van der Waals surface area contributed by atoms with Crippen LogP contribution in [0.4, 0.5) is 11.6 Å². The number of nitrogens with two attached hydrogens (primary N) is 1. The summed E-state index contributed by atoms with van der Waals surface area (Å²) in [4.78, 5) is 24.3. The van der Waals surface area contributed by atoms with E-state index in [1.165, 1.54) is 5.56 Å². The van der Waals surface area contributed by atoms with Crippen molar-refractivity contribution < 1.29 is 0 Å². The van der Waals surface area contributed by atoms with Gasteiger partial charge in [0.25, 0.3) is 0 Å². The zero-order valence-corrected chi connectivity index (χ0v) is 22.5. The number of piperidine rings is 1. The molecule has 1 aliphatic heterocycles. The summed E-state index contributed by atoms with van der Waals surface area (Å²) in [6.07, 6.45) is 5.21. The minimum Gasteiger partial charge on any atom is -0.383 e. The molecule has 0 unspecified atom stereocenters. The van der Waals surface area contributed by atoms with Gasteiger partial charge in [-0.25, -0.2) is 24.9 Å². The van der Waals surface area contributed by atoms with Crippen LogP contribution >= 0.6 is 0 Å². The lowest BCUT2D eigenvalue weighted by molar-refractivity contribution is 0.211. The average molecular weight is 542 g/mol. The van der Waals surface area contributed by atoms with E-state index < -0.39 is 0 Å². The van der Waals surface area contributed by atoms with Crippen LogP contribution in [0.5, 0.6) is 0 Å². The van der Waals surface area contributed by atoms with Gasteiger partial charge in [-0.2, -0.15) is 10.5 Å². The molecule has 0 atom stereocenters. The summed E-state index contributed by atoms with van der Waals surface area (Å²) in [5.41, 5.74) is 11.4. The van der Waals surface area contributed by atoms with E-state index in [4.69, 9.17) is 16.0 Å². The number of imidazole rings is 1. The average Bonchev–Trinajstić information content (AvgIpc) is 3.36. The van der Waals surface area contributed by atoms with Crippen LogP contribution in [0.25, 0.3) is 28.2 Å². The number of anilines is 2. The van der Waals surface area contributed by atoms with Gasteiger partial charge in [0.2, 0.25) is 5.82 Å². The molecule has 0 saturated carbocycles. The first-order chi connectivity index (χ1) is 20.0. The first kappa shape index (κ1) is 25.9. The van der Waals surface area contributed by atoms with Gasteiger partial charge in [0.05, 0.1) is 5.56 Å². The van der Waals surface area contributed by atoms with Gasteiger partial charge >= 0.3 is 0 Å². The topological polar surface area (TPSA) is 158 Å². The monoisotopic (exact) mass is 541 g/mol. The van der Waals surface area contributed by atoms with Gasteiger partial charge in [-0.15, -0.1) is 0 Å². The summed E-state index contributed by atoms with van der Waals surface area (Å²) in [7, 11) is 0. The van der Waals surface area contributed by atoms with Crippen molar-refractivity contribution >= 4 is 22.8 Å². The van der Waals surface area contributed by atoms with Crippen LogP contribution in [0.3, 0.4) is 0 Å². The number of aromatic nitrogens is 6. The number of rotatable bonds is 6. The molecule has 1 saturated heterocycles. The van der Waals surface area contributed by atoms with Crippen LogP contribution in [0.2, 0.25) is 0 Å². The van der Waals surface area contributed by atoms with Gasteiger partial charge in [0.15, 0.2) is 11.5 Å². The molecular formula is C30H27N11. The van der Waals surface area contributed by atoms with E-state index in [1.807, 2.05) is 35.8 Å². The Balaban J connectivity index is 1.21. The number of aryl methyl sites for hydroxylation is 1. The van der Waals surface area contributed by atoms with Crippen molar-refractivity contribution in [3.05, 3.63) is 83.6 Å². The number of benzene rings is 1. The number of fused-ring (bicyclic) bond motifs is 1. The second-order valence-corrected chi connectivity index (χ2v) is 10.1. The zero-order chi connectivity index (χ0) is 28.3. The first-order valence-electron chi connectivity index (χ1n) is 13.3. The second kappa shape index (κ2) is 11.0. The highest BCUT2D eigenvalue weighted by Crippen LogP contribution is 2.31. The van der Waals surface area contributed by atoms with Crippen molar-refractivity contribution in [1.82, 2.24) is 34.4 Å². The maximum Gasteiger partial charge on any atom is 0.234 e. The lowest BCUT2D eigenvalue weighted by Gasteiger charge is -2.32. The van der Waals surface area contributed by atoms with Crippen LogP contribution in [0.15, 0.2) is 60.9 Å². The Morgan fingerprint density at radius 2 is 1.78 bits per heavy atom. The number of nitrogen functional groups attached to an aromatic ring is 1. The van der Waals surface area contributed by atoms with Crippen molar-refractivity contribution in [2.24, 2.45) is 0 Å². The summed E-state index contributed by atoms with van der Waals surface area (Å²) in [6, 6.07) is 20.2. The molecule has 0 radical (unpaired) electrons. The Labute approximate surface area is 237 Å².